The number of aryl methyl sites for hydroxylation is 2. The van der Waals surface area contributed by atoms with Crippen molar-refractivity contribution < 1.29 is 23.1 Å². The Bertz CT molecular complexity index is 904. The summed E-state index contributed by atoms with van der Waals surface area (Å²) in [6.45, 7) is 5.53. The number of hydrogen-bond donors (Lipinski definition) is 1. The number of carboxylic acids is 1. The first kappa shape index (κ1) is 19.8. The Morgan fingerprint density at radius 3 is 2.27 bits per heavy atom. The van der Waals surface area contributed by atoms with Crippen molar-refractivity contribution in [1.82, 2.24) is 0 Å². The van der Waals surface area contributed by atoms with Crippen LogP contribution in [0.3, 0.4) is 0 Å². The fourth-order valence-electron chi connectivity index (χ4n) is 2.88. The van der Waals surface area contributed by atoms with Crippen LogP contribution in [-0.4, -0.2) is 33.1 Å². The van der Waals surface area contributed by atoms with Crippen molar-refractivity contribution in [3.05, 3.63) is 53.1 Å². The number of ether oxygens (including phenoxy) is 1. The van der Waals surface area contributed by atoms with Crippen LogP contribution in [0, 0.1) is 13.8 Å². The molecule has 0 radical (unpaired) electrons. The summed E-state index contributed by atoms with van der Waals surface area (Å²) in [5, 5.41) is 9.60. The summed E-state index contributed by atoms with van der Waals surface area (Å²) in [4.78, 5) is 11.8. The molecule has 0 amide bonds. The third kappa shape index (κ3) is 3.83. The highest BCUT2D eigenvalue weighted by Gasteiger charge is 2.29. The fraction of sp³-hybridized carbons (Fsp3) is 0.316. The van der Waals surface area contributed by atoms with Crippen LogP contribution in [-0.2, 0) is 10.0 Å². The minimum Gasteiger partial charge on any atom is -0.497 e. The maximum Gasteiger partial charge on any atom is 0.337 e. The number of rotatable bonds is 7. The minimum atomic E-state index is -3.92. The molecule has 2 aromatic rings. The minimum absolute atomic E-state index is 0.0203. The lowest BCUT2D eigenvalue weighted by Crippen LogP contribution is -2.33. The molecule has 7 heteroatoms. The van der Waals surface area contributed by atoms with Crippen molar-refractivity contribution in [3.63, 3.8) is 0 Å². The molecule has 1 N–H and O–H groups in total. The fourth-order valence-corrected chi connectivity index (χ4v) is 4.52. The molecule has 26 heavy (non-hydrogen) atoms. The van der Waals surface area contributed by atoms with Gasteiger partial charge in [0.2, 0.25) is 0 Å². The number of aromatic carboxylic acids is 1. The van der Waals surface area contributed by atoms with E-state index in [1.807, 2.05) is 6.92 Å². The van der Waals surface area contributed by atoms with Gasteiger partial charge in [0, 0.05) is 6.54 Å². The number of sulfonamides is 1. The van der Waals surface area contributed by atoms with Crippen molar-refractivity contribution in [2.45, 2.75) is 32.1 Å². The van der Waals surface area contributed by atoms with E-state index < -0.39 is 16.0 Å². The Morgan fingerprint density at radius 1 is 1.15 bits per heavy atom. The number of anilines is 1. The topological polar surface area (TPSA) is 83.9 Å². The van der Waals surface area contributed by atoms with Gasteiger partial charge < -0.3 is 9.84 Å². The quantitative estimate of drug-likeness (QED) is 0.797. The van der Waals surface area contributed by atoms with E-state index >= 15 is 0 Å². The van der Waals surface area contributed by atoms with Gasteiger partial charge in [-0.05, 0) is 61.7 Å². The van der Waals surface area contributed by atoms with Crippen molar-refractivity contribution in [1.29, 1.82) is 0 Å². The average molecular weight is 377 g/mol. The SMILES string of the molecule is CCCN(c1c(C)cc(C)cc1C(=O)O)S(=O)(=O)c1ccc(OC)cc1. The highest BCUT2D eigenvalue weighted by Crippen LogP contribution is 2.32. The number of carboxylic acid groups (broad SMARTS) is 1. The van der Waals surface area contributed by atoms with E-state index in [0.29, 0.717) is 17.7 Å². The van der Waals surface area contributed by atoms with Crippen LogP contribution in [0.1, 0.15) is 34.8 Å². The second kappa shape index (κ2) is 7.78. The molecule has 0 saturated carbocycles. The number of carbonyl (C=O) groups is 1. The molecule has 2 aromatic carbocycles. The zero-order valence-corrected chi connectivity index (χ0v) is 16.1. The molecule has 0 aliphatic carbocycles. The number of nitrogens with zero attached hydrogens (tertiary/aromatic N) is 1. The lowest BCUT2D eigenvalue weighted by molar-refractivity contribution is 0.0697. The monoisotopic (exact) mass is 377 g/mol. The van der Waals surface area contributed by atoms with E-state index in [4.69, 9.17) is 4.74 Å². The van der Waals surface area contributed by atoms with E-state index in [1.54, 1.807) is 32.0 Å². The van der Waals surface area contributed by atoms with Crippen LogP contribution in [0.4, 0.5) is 5.69 Å². The molecule has 0 aromatic heterocycles. The average Bonchev–Trinajstić information content (AvgIpc) is 2.59. The normalized spacial score (nSPS) is 11.2. The molecule has 0 fully saturated rings. The summed E-state index contributed by atoms with van der Waals surface area (Å²) < 4.78 is 32.7. The van der Waals surface area contributed by atoms with Gasteiger partial charge in [-0.2, -0.15) is 0 Å². The second-order valence-electron chi connectivity index (χ2n) is 6.04. The molecule has 0 saturated heterocycles. The first-order valence-electron chi connectivity index (χ1n) is 8.23. The molecule has 0 aliphatic heterocycles. The predicted octanol–water partition coefficient (Wildman–Crippen LogP) is 3.62. The van der Waals surface area contributed by atoms with E-state index in [9.17, 15) is 18.3 Å². The molecule has 6 nitrogen and oxygen atoms in total. The number of hydrogen-bond acceptors (Lipinski definition) is 4. The molecule has 0 spiro atoms. The summed E-state index contributed by atoms with van der Waals surface area (Å²) in [6.07, 6.45) is 0.543. The van der Waals surface area contributed by atoms with Gasteiger partial charge in [-0.3, -0.25) is 4.31 Å². The first-order chi connectivity index (χ1) is 12.2. The molecule has 0 heterocycles. The number of methoxy groups -OCH3 is 1. The van der Waals surface area contributed by atoms with E-state index in [0.717, 1.165) is 5.56 Å². The molecule has 0 aliphatic rings. The van der Waals surface area contributed by atoms with E-state index in [-0.39, 0.29) is 22.7 Å². The standard InChI is InChI=1S/C19H23NO5S/c1-5-10-20(18-14(3)11-13(2)12-17(18)19(21)22)26(23,24)16-8-6-15(25-4)7-9-16/h6-9,11-12H,5,10H2,1-4H3,(H,21,22). The molecule has 0 unspecified atom stereocenters. The Kier molecular flexibility index (Phi) is 5.92. The van der Waals surface area contributed by atoms with Crippen molar-refractivity contribution in [2.75, 3.05) is 18.0 Å². The summed E-state index contributed by atoms with van der Waals surface area (Å²) >= 11 is 0. The second-order valence-corrected chi connectivity index (χ2v) is 7.90. The predicted molar refractivity (Wildman–Crippen MR) is 101 cm³/mol. The lowest BCUT2D eigenvalue weighted by Gasteiger charge is -2.27. The van der Waals surface area contributed by atoms with Crippen LogP contribution in [0.25, 0.3) is 0 Å². The van der Waals surface area contributed by atoms with Crippen LogP contribution < -0.4 is 9.04 Å². The molecule has 2 rings (SSSR count). The highest BCUT2D eigenvalue weighted by atomic mass is 32.2. The van der Waals surface area contributed by atoms with Gasteiger partial charge in [0.25, 0.3) is 10.0 Å². The van der Waals surface area contributed by atoms with Crippen molar-refractivity contribution >= 4 is 21.7 Å². The molecular formula is C19H23NO5S. The number of benzene rings is 2. The summed E-state index contributed by atoms with van der Waals surface area (Å²) in [7, 11) is -2.42. The van der Waals surface area contributed by atoms with Gasteiger partial charge in [0.15, 0.2) is 0 Å². The van der Waals surface area contributed by atoms with Crippen LogP contribution in [0.15, 0.2) is 41.3 Å². The van der Waals surface area contributed by atoms with Gasteiger partial charge in [-0.25, -0.2) is 13.2 Å². The lowest BCUT2D eigenvalue weighted by atomic mass is 10.0. The van der Waals surface area contributed by atoms with Gasteiger partial charge in [-0.1, -0.05) is 13.0 Å². The van der Waals surface area contributed by atoms with Crippen LogP contribution in [0.5, 0.6) is 5.75 Å². The molecule has 0 atom stereocenters. The van der Waals surface area contributed by atoms with Gasteiger partial charge in [-0.15, -0.1) is 0 Å². The highest BCUT2D eigenvalue weighted by molar-refractivity contribution is 7.92. The third-order valence-corrected chi connectivity index (χ3v) is 5.81. The first-order valence-corrected chi connectivity index (χ1v) is 9.67. The third-order valence-electron chi connectivity index (χ3n) is 4.00. The summed E-state index contributed by atoms with van der Waals surface area (Å²) in [5.41, 5.74) is 1.56. The zero-order valence-electron chi connectivity index (χ0n) is 15.3. The van der Waals surface area contributed by atoms with Gasteiger partial charge >= 0.3 is 5.97 Å². The molecular weight excluding hydrogens is 354 g/mol. The Balaban J connectivity index is 2.67. The smallest absolute Gasteiger partial charge is 0.337 e. The molecule has 0 bridgehead atoms. The summed E-state index contributed by atoms with van der Waals surface area (Å²) in [6, 6.07) is 9.33. The Hall–Kier alpha value is -2.54. The van der Waals surface area contributed by atoms with E-state index in [2.05, 4.69) is 0 Å². The maximum atomic E-state index is 13.2. The van der Waals surface area contributed by atoms with Gasteiger partial charge in [0.1, 0.15) is 5.75 Å². The van der Waals surface area contributed by atoms with Crippen molar-refractivity contribution in [2.24, 2.45) is 0 Å². The van der Waals surface area contributed by atoms with Crippen LogP contribution >= 0.6 is 0 Å². The van der Waals surface area contributed by atoms with Crippen molar-refractivity contribution in [3.8, 4) is 5.75 Å². The van der Waals surface area contributed by atoms with Gasteiger partial charge in [0.05, 0.1) is 23.3 Å². The van der Waals surface area contributed by atoms with Crippen LogP contribution in [0.2, 0.25) is 0 Å². The Morgan fingerprint density at radius 2 is 1.77 bits per heavy atom. The largest absolute Gasteiger partial charge is 0.497 e. The zero-order chi connectivity index (χ0) is 19.5. The maximum absolute atomic E-state index is 13.2. The Labute approximate surface area is 154 Å². The summed E-state index contributed by atoms with van der Waals surface area (Å²) in [5.74, 6) is -0.610. The molecule has 140 valence electrons. The van der Waals surface area contributed by atoms with E-state index in [1.165, 1.54) is 29.6 Å².